The molecule has 0 aromatic rings. The maximum atomic E-state index is 10.3. The number of ether oxygens (including phenoxy) is 1. The molecule has 10 N–H and O–H groups in total. The SMILES string of the molecule is C1COCCN1.CCCCCCC(O)C/C=C\CCCCCCCC(=O)O.CCCCCCC(O)C/C=C\CCCCCCCC(=O)O.N.O=S(=O)(O)O. The highest BCUT2D eigenvalue weighted by Crippen LogP contribution is 2.12. The number of aliphatic hydroxyl groups excluding tert-OH is 2. The summed E-state index contributed by atoms with van der Waals surface area (Å²) in [6.45, 7) is 8.23. The highest BCUT2D eigenvalue weighted by atomic mass is 32.3. The minimum absolute atomic E-state index is 0. The highest BCUT2D eigenvalue weighted by Gasteiger charge is 2.02. The topological polar surface area (TPSA) is 246 Å². The summed E-state index contributed by atoms with van der Waals surface area (Å²) in [5.74, 6) is -1.38. The number of unbranched alkanes of at least 4 members (excludes halogenated alkanes) is 16. The first-order valence-corrected chi connectivity index (χ1v) is 21.8. The number of hydrogen-bond acceptors (Lipinski definition) is 9. The van der Waals surface area contributed by atoms with Crippen molar-refractivity contribution in [2.75, 3.05) is 26.3 Å². The second-order valence-corrected chi connectivity index (χ2v) is 14.5. The fraction of sp³-hybridized carbons (Fsp3) is 0.850. The summed E-state index contributed by atoms with van der Waals surface area (Å²) in [6.07, 6.45) is 34.7. The number of morpholine rings is 1. The third-order valence-electron chi connectivity index (χ3n) is 8.30. The molecule has 2 atom stereocenters. The standard InChI is InChI=1S/2C18H34O3.C4H9NO.H3N.H2O4S/c2*1-2-3-4-11-14-17(19)15-12-9-7-5-6-8-10-13-16-18(20)21;1-3-6-4-2-5-1;;1-5(2,3)4/h2*9,12,17,19H,2-8,10-11,13-16H2,1H3,(H,20,21);5H,1-4H2;1H3;(H2,1,2,3,4)/b2*12-9-;;;. The predicted octanol–water partition coefficient (Wildman–Crippen LogP) is 9.27. The summed E-state index contributed by atoms with van der Waals surface area (Å²) < 4.78 is 36.6. The third-order valence-corrected chi connectivity index (χ3v) is 8.30. The molecule has 1 saturated heterocycles. The minimum atomic E-state index is -4.67. The van der Waals surface area contributed by atoms with Gasteiger partial charge < -0.3 is 36.6 Å². The van der Waals surface area contributed by atoms with Crippen LogP contribution in [0.3, 0.4) is 0 Å². The summed E-state index contributed by atoms with van der Waals surface area (Å²) >= 11 is 0. The Bertz CT molecular complexity index is 873. The lowest BCUT2D eigenvalue weighted by atomic mass is 10.1. The van der Waals surface area contributed by atoms with Crippen molar-refractivity contribution in [3.8, 4) is 0 Å². The smallest absolute Gasteiger partial charge is 0.394 e. The zero-order valence-electron chi connectivity index (χ0n) is 34.0. The van der Waals surface area contributed by atoms with Crippen LogP contribution in [0.2, 0.25) is 0 Å². The van der Waals surface area contributed by atoms with Gasteiger partial charge in [0.25, 0.3) is 0 Å². The Balaban J connectivity index is -0.000000355. The van der Waals surface area contributed by atoms with Crippen molar-refractivity contribution in [1.82, 2.24) is 11.5 Å². The molecule has 1 aliphatic heterocycles. The molecule has 13 nitrogen and oxygen atoms in total. The summed E-state index contributed by atoms with van der Waals surface area (Å²) in [5.41, 5.74) is 0. The lowest BCUT2D eigenvalue weighted by Crippen LogP contribution is -2.30. The Hall–Kier alpha value is -1.91. The van der Waals surface area contributed by atoms with Gasteiger partial charge in [0.2, 0.25) is 0 Å². The lowest BCUT2D eigenvalue weighted by Gasteiger charge is -2.10. The van der Waals surface area contributed by atoms with Gasteiger partial charge in [-0.2, -0.15) is 8.42 Å². The number of carboxylic acid groups (broad SMARTS) is 2. The molecule has 0 saturated carbocycles. The molecule has 1 rings (SSSR count). The van der Waals surface area contributed by atoms with Crippen molar-refractivity contribution >= 4 is 22.3 Å². The number of carboxylic acids is 2. The first kappa shape index (κ1) is 58.8. The predicted molar refractivity (Wildman–Crippen MR) is 220 cm³/mol. The van der Waals surface area contributed by atoms with Crippen LogP contribution in [0, 0.1) is 0 Å². The molecule has 2 unspecified atom stereocenters. The zero-order valence-corrected chi connectivity index (χ0v) is 34.8. The fourth-order valence-electron chi connectivity index (χ4n) is 5.24. The first-order valence-electron chi connectivity index (χ1n) is 20.4. The summed E-state index contributed by atoms with van der Waals surface area (Å²) in [7, 11) is -4.67. The van der Waals surface area contributed by atoms with Gasteiger partial charge in [-0.05, 0) is 64.2 Å². The van der Waals surface area contributed by atoms with E-state index in [0.717, 1.165) is 129 Å². The third kappa shape index (κ3) is 68.1. The molecule has 1 fully saturated rings. The second-order valence-electron chi connectivity index (χ2n) is 13.6. The number of hydrogen-bond donors (Lipinski definition) is 8. The fourth-order valence-corrected chi connectivity index (χ4v) is 5.24. The number of rotatable bonds is 30. The molecule has 1 heterocycles. The van der Waals surface area contributed by atoms with Crippen LogP contribution in [-0.2, 0) is 24.7 Å². The molecule has 324 valence electrons. The van der Waals surface area contributed by atoms with E-state index in [2.05, 4.69) is 43.5 Å². The first-order chi connectivity index (χ1) is 25.3. The number of allylic oxidation sites excluding steroid dienone is 2. The molecule has 0 bridgehead atoms. The van der Waals surface area contributed by atoms with Crippen LogP contribution in [0.15, 0.2) is 24.3 Å². The van der Waals surface area contributed by atoms with E-state index in [4.69, 9.17) is 32.5 Å². The summed E-state index contributed by atoms with van der Waals surface area (Å²) in [5, 5.41) is 39.8. The lowest BCUT2D eigenvalue weighted by molar-refractivity contribution is -0.138. The van der Waals surface area contributed by atoms with Crippen LogP contribution >= 0.6 is 0 Å². The number of carbonyl (C=O) groups is 2. The maximum Gasteiger partial charge on any atom is 0.394 e. The minimum Gasteiger partial charge on any atom is -0.481 e. The molecule has 0 aromatic heterocycles. The molecule has 54 heavy (non-hydrogen) atoms. The molecule has 0 spiro atoms. The second kappa shape index (κ2) is 47.2. The molecule has 0 aliphatic carbocycles. The average molecular weight is 799 g/mol. The average Bonchev–Trinajstić information content (AvgIpc) is 3.10. The van der Waals surface area contributed by atoms with Crippen LogP contribution in [0.4, 0.5) is 0 Å². The molecule has 1 aliphatic rings. The molecule has 0 aromatic carbocycles. The molecular weight excluding hydrogens is 717 g/mol. The van der Waals surface area contributed by atoms with E-state index in [9.17, 15) is 19.8 Å². The Morgan fingerprint density at radius 3 is 1.22 bits per heavy atom. The van der Waals surface area contributed by atoms with E-state index >= 15 is 0 Å². The zero-order chi connectivity index (χ0) is 40.3. The van der Waals surface area contributed by atoms with Crippen LogP contribution in [0.5, 0.6) is 0 Å². The highest BCUT2D eigenvalue weighted by molar-refractivity contribution is 7.79. The number of nitrogens with one attached hydrogen (secondary N) is 1. The van der Waals surface area contributed by atoms with Gasteiger partial charge in [0.05, 0.1) is 25.4 Å². The van der Waals surface area contributed by atoms with E-state index in [-0.39, 0.29) is 18.4 Å². The van der Waals surface area contributed by atoms with Crippen LogP contribution in [-0.4, -0.2) is 88.4 Å². The van der Waals surface area contributed by atoms with E-state index in [1.54, 1.807) is 0 Å². The van der Waals surface area contributed by atoms with Crippen LogP contribution in [0.1, 0.15) is 181 Å². The van der Waals surface area contributed by atoms with E-state index in [1.807, 2.05) is 0 Å². The van der Waals surface area contributed by atoms with Gasteiger partial charge in [-0.25, -0.2) is 0 Å². The Morgan fingerprint density at radius 1 is 0.593 bits per heavy atom. The van der Waals surface area contributed by atoms with E-state index < -0.39 is 22.3 Å². The molecular formula is C40H82N2O11S. The largest absolute Gasteiger partial charge is 0.481 e. The summed E-state index contributed by atoms with van der Waals surface area (Å²) in [6, 6.07) is 0. The van der Waals surface area contributed by atoms with Crippen molar-refractivity contribution in [2.24, 2.45) is 0 Å². The van der Waals surface area contributed by atoms with Crippen molar-refractivity contribution in [3.05, 3.63) is 24.3 Å². The van der Waals surface area contributed by atoms with Gasteiger partial charge in [-0.3, -0.25) is 18.7 Å². The van der Waals surface area contributed by atoms with Gasteiger partial charge in [0.15, 0.2) is 0 Å². The molecule has 0 amide bonds. The van der Waals surface area contributed by atoms with Crippen molar-refractivity contribution in [1.29, 1.82) is 0 Å². The molecule has 14 heteroatoms. The quantitative estimate of drug-likeness (QED) is 0.0192. The number of aliphatic hydroxyl groups is 2. The van der Waals surface area contributed by atoms with Gasteiger partial charge in [0.1, 0.15) is 0 Å². The normalized spacial score (nSPS) is 13.7. The van der Waals surface area contributed by atoms with E-state index in [1.165, 1.54) is 51.4 Å². The van der Waals surface area contributed by atoms with Gasteiger partial charge in [-0.1, -0.05) is 128 Å². The van der Waals surface area contributed by atoms with E-state index in [0.29, 0.717) is 12.8 Å². The Kier molecular flexibility index (Phi) is 51.4. The Morgan fingerprint density at radius 2 is 0.926 bits per heavy atom. The summed E-state index contributed by atoms with van der Waals surface area (Å²) in [4.78, 5) is 20.7. The van der Waals surface area contributed by atoms with Crippen molar-refractivity contribution in [3.63, 3.8) is 0 Å². The van der Waals surface area contributed by atoms with Gasteiger partial charge >= 0.3 is 22.3 Å². The van der Waals surface area contributed by atoms with Gasteiger partial charge in [-0.15, -0.1) is 0 Å². The van der Waals surface area contributed by atoms with Crippen molar-refractivity contribution < 1.29 is 52.3 Å². The maximum absolute atomic E-state index is 10.3. The monoisotopic (exact) mass is 799 g/mol. The van der Waals surface area contributed by atoms with Crippen LogP contribution in [0.25, 0.3) is 0 Å². The molecule has 0 radical (unpaired) electrons. The van der Waals surface area contributed by atoms with Crippen LogP contribution < -0.4 is 11.5 Å². The number of aliphatic carboxylic acids is 2. The Labute approximate surface area is 329 Å². The van der Waals surface area contributed by atoms with Gasteiger partial charge in [0, 0.05) is 25.9 Å². The van der Waals surface area contributed by atoms with Crippen molar-refractivity contribution in [2.45, 2.75) is 193 Å².